The highest BCUT2D eigenvalue weighted by molar-refractivity contribution is 7.89. The first-order valence-corrected chi connectivity index (χ1v) is 11.0. The predicted molar refractivity (Wildman–Crippen MR) is 110 cm³/mol. The number of carbonyl (C=O) groups is 1. The second-order valence-corrected chi connectivity index (χ2v) is 8.56. The van der Waals surface area contributed by atoms with Crippen LogP contribution in [0.25, 0.3) is 0 Å². The van der Waals surface area contributed by atoms with Crippen molar-refractivity contribution in [2.45, 2.75) is 37.6 Å². The number of sulfonamides is 1. The molecule has 6 nitrogen and oxygen atoms in total. The Labute approximate surface area is 171 Å². The lowest BCUT2D eigenvalue weighted by atomic mass is 10.1. The van der Waals surface area contributed by atoms with Crippen LogP contribution in [0, 0.1) is 0 Å². The Hall–Kier alpha value is -2.09. The summed E-state index contributed by atoms with van der Waals surface area (Å²) in [5.74, 6) is 0.141. The van der Waals surface area contributed by atoms with Crippen LogP contribution < -0.4 is 14.8 Å². The van der Waals surface area contributed by atoms with Crippen LogP contribution in [-0.2, 0) is 14.8 Å². The second-order valence-electron chi connectivity index (χ2n) is 6.35. The molecule has 0 saturated heterocycles. The van der Waals surface area contributed by atoms with Crippen LogP contribution in [0.4, 0.5) is 0 Å². The highest BCUT2D eigenvalue weighted by Crippen LogP contribution is 2.17. The number of ether oxygens (including phenoxy) is 1. The molecule has 1 amide bonds. The van der Waals surface area contributed by atoms with Crippen molar-refractivity contribution in [1.29, 1.82) is 0 Å². The van der Waals surface area contributed by atoms with Gasteiger partial charge in [-0.15, -0.1) is 0 Å². The van der Waals surface area contributed by atoms with Gasteiger partial charge in [0.15, 0.2) is 6.61 Å². The van der Waals surface area contributed by atoms with E-state index < -0.39 is 10.0 Å². The van der Waals surface area contributed by atoms with E-state index >= 15 is 0 Å². The molecule has 0 unspecified atom stereocenters. The van der Waals surface area contributed by atoms with Gasteiger partial charge in [0, 0.05) is 11.6 Å². The van der Waals surface area contributed by atoms with Gasteiger partial charge in [-0.3, -0.25) is 4.79 Å². The van der Waals surface area contributed by atoms with E-state index in [1.807, 2.05) is 26.0 Å². The highest BCUT2D eigenvalue weighted by Gasteiger charge is 2.14. The molecule has 8 heteroatoms. The standard InChI is InChI=1S/C20H25ClN2O4S/c1-3-4-13-22-28(25,26)19-11-9-18(10-12-19)27-14-20(24)23-15(2)16-5-7-17(21)8-6-16/h5-12,15,22H,3-4,13-14H2,1-2H3,(H,23,24)/t15-/m0/s1. The molecular weight excluding hydrogens is 400 g/mol. The smallest absolute Gasteiger partial charge is 0.258 e. The first-order valence-electron chi connectivity index (χ1n) is 9.09. The maximum atomic E-state index is 12.1. The van der Waals surface area contributed by atoms with E-state index in [0.717, 1.165) is 18.4 Å². The zero-order valence-corrected chi connectivity index (χ0v) is 17.5. The largest absolute Gasteiger partial charge is 0.484 e. The summed E-state index contributed by atoms with van der Waals surface area (Å²) in [5, 5.41) is 3.47. The van der Waals surface area contributed by atoms with Crippen molar-refractivity contribution in [3.63, 3.8) is 0 Å². The van der Waals surface area contributed by atoms with Crippen molar-refractivity contribution in [3.8, 4) is 5.75 Å². The van der Waals surface area contributed by atoms with Gasteiger partial charge in [-0.1, -0.05) is 37.1 Å². The third kappa shape index (κ3) is 6.82. The third-order valence-electron chi connectivity index (χ3n) is 4.07. The molecule has 0 heterocycles. The molecule has 1 atom stereocenters. The molecular formula is C20H25ClN2O4S. The normalized spacial score (nSPS) is 12.4. The number of hydrogen-bond acceptors (Lipinski definition) is 4. The van der Waals surface area contributed by atoms with Crippen molar-refractivity contribution < 1.29 is 17.9 Å². The van der Waals surface area contributed by atoms with Gasteiger partial charge in [0.1, 0.15) is 5.75 Å². The van der Waals surface area contributed by atoms with E-state index in [-0.39, 0.29) is 23.5 Å². The van der Waals surface area contributed by atoms with Gasteiger partial charge < -0.3 is 10.1 Å². The fourth-order valence-corrected chi connectivity index (χ4v) is 3.65. The summed E-state index contributed by atoms with van der Waals surface area (Å²) in [4.78, 5) is 12.2. The Morgan fingerprint density at radius 2 is 1.75 bits per heavy atom. The Bertz CT molecular complexity index is 868. The van der Waals surface area contributed by atoms with Gasteiger partial charge in [0.05, 0.1) is 10.9 Å². The van der Waals surface area contributed by atoms with Crippen molar-refractivity contribution >= 4 is 27.5 Å². The highest BCUT2D eigenvalue weighted by atomic mass is 35.5. The van der Waals surface area contributed by atoms with Crippen LogP contribution in [0.15, 0.2) is 53.4 Å². The predicted octanol–water partition coefficient (Wildman–Crippen LogP) is 3.67. The summed E-state index contributed by atoms with van der Waals surface area (Å²) in [5.41, 5.74) is 0.933. The Morgan fingerprint density at radius 3 is 2.36 bits per heavy atom. The lowest BCUT2D eigenvalue weighted by molar-refractivity contribution is -0.123. The van der Waals surface area contributed by atoms with E-state index in [4.69, 9.17) is 16.3 Å². The summed E-state index contributed by atoms with van der Waals surface area (Å²) < 4.78 is 32.3. The Morgan fingerprint density at radius 1 is 1.11 bits per heavy atom. The summed E-state index contributed by atoms with van der Waals surface area (Å²) >= 11 is 5.86. The van der Waals surface area contributed by atoms with Crippen LogP contribution in [-0.4, -0.2) is 27.5 Å². The minimum atomic E-state index is -3.52. The van der Waals surface area contributed by atoms with Crippen LogP contribution in [0.1, 0.15) is 38.3 Å². The summed E-state index contributed by atoms with van der Waals surface area (Å²) in [6.45, 7) is 4.10. The zero-order valence-electron chi connectivity index (χ0n) is 15.9. The van der Waals surface area contributed by atoms with Crippen molar-refractivity contribution in [2.75, 3.05) is 13.2 Å². The first-order chi connectivity index (χ1) is 13.3. The number of rotatable bonds is 10. The Balaban J connectivity index is 1.85. The average molecular weight is 425 g/mol. The average Bonchev–Trinajstić information content (AvgIpc) is 2.67. The topological polar surface area (TPSA) is 84.5 Å². The van der Waals surface area contributed by atoms with Gasteiger partial charge in [-0.2, -0.15) is 0 Å². The van der Waals surface area contributed by atoms with Crippen molar-refractivity contribution in [3.05, 3.63) is 59.1 Å². The van der Waals surface area contributed by atoms with E-state index in [9.17, 15) is 13.2 Å². The van der Waals surface area contributed by atoms with Crippen molar-refractivity contribution in [2.24, 2.45) is 0 Å². The summed E-state index contributed by atoms with van der Waals surface area (Å²) in [7, 11) is -3.52. The van der Waals surface area contributed by atoms with Gasteiger partial charge in [-0.05, 0) is 55.3 Å². The lowest BCUT2D eigenvalue weighted by Crippen LogP contribution is -2.31. The maximum absolute atomic E-state index is 12.1. The molecule has 2 N–H and O–H groups in total. The number of carbonyl (C=O) groups excluding carboxylic acids is 1. The van der Waals surface area contributed by atoms with Crippen LogP contribution in [0.3, 0.4) is 0 Å². The molecule has 2 aromatic carbocycles. The van der Waals surface area contributed by atoms with Crippen molar-refractivity contribution in [1.82, 2.24) is 10.0 Å². The molecule has 152 valence electrons. The monoisotopic (exact) mass is 424 g/mol. The molecule has 28 heavy (non-hydrogen) atoms. The molecule has 2 aromatic rings. The molecule has 0 radical (unpaired) electrons. The number of amides is 1. The fourth-order valence-electron chi connectivity index (χ4n) is 2.45. The van der Waals surface area contributed by atoms with Gasteiger partial charge in [0.25, 0.3) is 5.91 Å². The van der Waals surface area contributed by atoms with E-state index in [1.54, 1.807) is 12.1 Å². The zero-order chi connectivity index (χ0) is 20.6. The summed E-state index contributed by atoms with van der Waals surface area (Å²) in [6, 6.07) is 13.0. The molecule has 0 fully saturated rings. The minimum absolute atomic E-state index is 0.164. The SMILES string of the molecule is CCCCNS(=O)(=O)c1ccc(OCC(=O)N[C@@H](C)c2ccc(Cl)cc2)cc1. The number of nitrogens with one attached hydrogen (secondary N) is 2. The van der Waals surface area contributed by atoms with Gasteiger partial charge >= 0.3 is 0 Å². The number of unbranched alkanes of at least 4 members (excludes halogenated alkanes) is 1. The number of hydrogen-bond donors (Lipinski definition) is 2. The minimum Gasteiger partial charge on any atom is -0.484 e. The molecule has 0 aliphatic rings. The molecule has 2 rings (SSSR count). The van der Waals surface area contributed by atoms with Crippen LogP contribution in [0.2, 0.25) is 5.02 Å². The third-order valence-corrected chi connectivity index (χ3v) is 5.80. The Kier molecular flexibility index (Phi) is 8.29. The number of halogens is 1. The van der Waals surface area contributed by atoms with E-state index in [0.29, 0.717) is 17.3 Å². The maximum Gasteiger partial charge on any atom is 0.258 e. The summed E-state index contributed by atoms with van der Waals surface area (Å²) in [6.07, 6.45) is 1.69. The molecule has 0 aromatic heterocycles. The quantitative estimate of drug-likeness (QED) is 0.570. The van der Waals surface area contributed by atoms with Crippen LogP contribution in [0.5, 0.6) is 5.75 Å². The first kappa shape index (κ1) is 22.2. The molecule has 0 saturated carbocycles. The van der Waals surface area contributed by atoms with Gasteiger partial charge in [0.2, 0.25) is 10.0 Å². The fraction of sp³-hybridized carbons (Fsp3) is 0.350. The van der Waals surface area contributed by atoms with E-state index in [1.165, 1.54) is 24.3 Å². The van der Waals surface area contributed by atoms with Gasteiger partial charge in [-0.25, -0.2) is 13.1 Å². The second kappa shape index (κ2) is 10.5. The molecule has 0 bridgehead atoms. The molecule has 0 spiro atoms. The van der Waals surface area contributed by atoms with E-state index in [2.05, 4.69) is 10.0 Å². The van der Waals surface area contributed by atoms with Crippen LogP contribution >= 0.6 is 11.6 Å². The lowest BCUT2D eigenvalue weighted by Gasteiger charge is -2.15. The number of benzene rings is 2. The molecule has 0 aliphatic heterocycles. The molecule has 0 aliphatic carbocycles.